The van der Waals surface area contributed by atoms with E-state index in [1.54, 1.807) is 6.92 Å². The summed E-state index contributed by atoms with van der Waals surface area (Å²) in [5.41, 5.74) is 0.881. The van der Waals surface area contributed by atoms with Crippen molar-refractivity contribution in [2.24, 2.45) is 0 Å². The van der Waals surface area contributed by atoms with E-state index in [2.05, 4.69) is 4.72 Å². The molecule has 13 heavy (non-hydrogen) atoms. The van der Waals surface area contributed by atoms with Gasteiger partial charge in [0.25, 0.3) is 9.24 Å². The summed E-state index contributed by atoms with van der Waals surface area (Å²) in [5, 5.41) is 0. The predicted octanol–water partition coefficient (Wildman–Crippen LogP) is 1.82. The average Bonchev–Trinajstić information content (AvgIpc) is 2.03. The van der Waals surface area contributed by atoms with Crippen molar-refractivity contribution in [1.29, 1.82) is 0 Å². The van der Waals surface area contributed by atoms with Crippen LogP contribution in [0.2, 0.25) is 0 Å². The summed E-state index contributed by atoms with van der Waals surface area (Å²) in [6, 6.07) is 8.91. The highest BCUT2D eigenvalue weighted by Gasteiger charge is 2.11. The molecule has 1 atom stereocenters. The van der Waals surface area contributed by atoms with Gasteiger partial charge in [-0.05, 0) is 12.5 Å². The van der Waals surface area contributed by atoms with Crippen LogP contribution in [0.4, 0.5) is 0 Å². The van der Waals surface area contributed by atoms with Crippen molar-refractivity contribution in [3.63, 3.8) is 0 Å². The second-order valence-corrected chi connectivity index (χ2v) is 5.02. The number of rotatable bonds is 3. The summed E-state index contributed by atoms with van der Waals surface area (Å²) in [6.07, 6.45) is 0. The minimum atomic E-state index is -3.65. The molecule has 1 aromatic carbocycles. The lowest BCUT2D eigenvalue weighted by Crippen LogP contribution is -2.21. The molecule has 0 saturated heterocycles. The number of hydrogen-bond acceptors (Lipinski definition) is 2. The fourth-order valence-electron chi connectivity index (χ4n) is 1.02. The van der Waals surface area contributed by atoms with Crippen LogP contribution in [0, 0.1) is 0 Å². The first-order chi connectivity index (χ1) is 5.99. The van der Waals surface area contributed by atoms with Crippen LogP contribution in [0.15, 0.2) is 30.3 Å². The lowest BCUT2D eigenvalue weighted by molar-refractivity contribution is 0.582. The SMILES string of the molecule is C[C@H](NS(=O)(=O)Cl)c1ccccc1. The van der Waals surface area contributed by atoms with Crippen LogP contribution in [0.1, 0.15) is 18.5 Å². The first-order valence-corrected chi connectivity index (χ1v) is 6.07. The van der Waals surface area contributed by atoms with Gasteiger partial charge in [-0.2, -0.15) is 13.1 Å². The molecule has 5 heteroatoms. The molecule has 0 unspecified atom stereocenters. The zero-order chi connectivity index (χ0) is 9.90. The third-order valence-corrected chi connectivity index (χ3v) is 2.52. The van der Waals surface area contributed by atoms with E-state index in [0.717, 1.165) is 5.56 Å². The third-order valence-electron chi connectivity index (χ3n) is 1.62. The molecule has 0 bridgehead atoms. The van der Waals surface area contributed by atoms with Gasteiger partial charge in [0.1, 0.15) is 0 Å². The van der Waals surface area contributed by atoms with Gasteiger partial charge in [0.05, 0.1) is 0 Å². The van der Waals surface area contributed by atoms with Gasteiger partial charge >= 0.3 is 0 Å². The number of hydrogen-bond donors (Lipinski definition) is 1. The summed E-state index contributed by atoms with van der Waals surface area (Å²) in [6.45, 7) is 1.73. The summed E-state index contributed by atoms with van der Waals surface area (Å²) in [7, 11) is 1.39. The van der Waals surface area contributed by atoms with E-state index in [9.17, 15) is 8.42 Å². The van der Waals surface area contributed by atoms with Gasteiger partial charge in [0.2, 0.25) is 0 Å². The van der Waals surface area contributed by atoms with Crippen molar-refractivity contribution in [2.75, 3.05) is 0 Å². The predicted molar refractivity (Wildman–Crippen MR) is 52.8 cm³/mol. The topological polar surface area (TPSA) is 46.2 Å². The molecule has 0 radical (unpaired) electrons. The van der Waals surface area contributed by atoms with Crippen LogP contribution in [0.5, 0.6) is 0 Å². The standard InChI is InChI=1S/C8H10ClNO2S/c1-7(10-13(9,11)12)8-5-3-2-4-6-8/h2-7,10H,1H3/t7-/m0/s1. The normalized spacial score (nSPS) is 14.0. The summed E-state index contributed by atoms with van der Waals surface area (Å²) < 4.78 is 23.6. The molecule has 0 saturated carbocycles. The Morgan fingerprint density at radius 3 is 2.31 bits per heavy atom. The van der Waals surface area contributed by atoms with Crippen molar-refractivity contribution >= 4 is 19.9 Å². The Kier molecular flexibility index (Phi) is 3.30. The zero-order valence-corrected chi connectivity index (χ0v) is 8.64. The fourth-order valence-corrected chi connectivity index (χ4v) is 1.98. The molecule has 0 aromatic heterocycles. The summed E-state index contributed by atoms with van der Waals surface area (Å²) in [4.78, 5) is 0. The first kappa shape index (κ1) is 10.5. The molecule has 0 spiro atoms. The molecule has 0 fully saturated rings. The van der Waals surface area contributed by atoms with Crippen LogP contribution in [0.25, 0.3) is 0 Å². The molecule has 3 nitrogen and oxygen atoms in total. The molecule has 0 aliphatic rings. The van der Waals surface area contributed by atoms with Gasteiger partial charge in [-0.15, -0.1) is 0 Å². The van der Waals surface area contributed by atoms with E-state index >= 15 is 0 Å². The maximum atomic E-state index is 10.7. The van der Waals surface area contributed by atoms with Crippen molar-refractivity contribution < 1.29 is 8.42 Å². The Labute approximate surface area is 82.3 Å². The van der Waals surface area contributed by atoms with Gasteiger partial charge in [0.15, 0.2) is 0 Å². The van der Waals surface area contributed by atoms with Crippen molar-refractivity contribution in [2.45, 2.75) is 13.0 Å². The highest BCUT2D eigenvalue weighted by molar-refractivity contribution is 8.12. The van der Waals surface area contributed by atoms with E-state index in [1.165, 1.54) is 0 Å². The maximum absolute atomic E-state index is 10.7. The van der Waals surface area contributed by atoms with Crippen LogP contribution in [-0.2, 0) is 9.24 Å². The Bertz CT molecular complexity index is 363. The number of benzene rings is 1. The van der Waals surface area contributed by atoms with Crippen molar-refractivity contribution in [3.8, 4) is 0 Å². The van der Waals surface area contributed by atoms with E-state index in [4.69, 9.17) is 10.7 Å². The van der Waals surface area contributed by atoms with Crippen LogP contribution < -0.4 is 4.72 Å². The molecule has 0 aliphatic heterocycles. The summed E-state index contributed by atoms with van der Waals surface area (Å²) in [5.74, 6) is 0. The Morgan fingerprint density at radius 2 is 1.85 bits per heavy atom. The second kappa shape index (κ2) is 4.09. The second-order valence-electron chi connectivity index (χ2n) is 2.69. The minimum Gasteiger partial charge on any atom is -0.195 e. The van der Waals surface area contributed by atoms with Crippen molar-refractivity contribution in [1.82, 2.24) is 4.72 Å². The molecule has 0 amide bonds. The Hall–Kier alpha value is -0.580. The van der Waals surface area contributed by atoms with E-state index in [-0.39, 0.29) is 6.04 Å². The lowest BCUT2D eigenvalue weighted by Gasteiger charge is -2.10. The van der Waals surface area contributed by atoms with Gasteiger partial charge in [-0.25, -0.2) is 0 Å². The van der Waals surface area contributed by atoms with Crippen molar-refractivity contribution in [3.05, 3.63) is 35.9 Å². The largest absolute Gasteiger partial charge is 0.297 e. The maximum Gasteiger partial charge on any atom is 0.297 e. The highest BCUT2D eigenvalue weighted by Crippen LogP contribution is 2.12. The van der Waals surface area contributed by atoms with E-state index in [1.807, 2.05) is 30.3 Å². The van der Waals surface area contributed by atoms with Gasteiger partial charge in [-0.1, -0.05) is 30.3 Å². The van der Waals surface area contributed by atoms with Crippen LogP contribution >= 0.6 is 10.7 Å². The Morgan fingerprint density at radius 1 is 1.31 bits per heavy atom. The first-order valence-electron chi connectivity index (χ1n) is 3.76. The molecule has 72 valence electrons. The third kappa shape index (κ3) is 3.76. The van der Waals surface area contributed by atoms with Gasteiger partial charge < -0.3 is 0 Å². The summed E-state index contributed by atoms with van der Waals surface area (Å²) >= 11 is 0. The minimum absolute atomic E-state index is 0.302. The average molecular weight is 220 g/mol. The molecule has 1 rings (SSSR count). The lowest BCUT2D eigenvalue weighted by atomic mass is 10.1. The smallest absolute Gasteiger partial charge is 0.195 e. The van der Waals surface area contributed by atoms with E-state index < -0.39 is 9.24 Å². The van der Waals surface area contributed by atoms with E-state index in [0.29, 0.717) is 0 Å². The molecule has 1 aromatic rings. The van der Waals surface area contributed by atoms with Gasteiger partial charge in [-0.3, -0.25) is 0 Å². The molecular formula is C8H10ClNO2S. The molecule has 1 N–H and O–H groups in total. The van der Waals surface area contributed by atoms with Gasteiger partial charge in [0, 0.05) is 16.7 Å². The zero-order valence-electron chi connectivity index (χ0n) is 7.07. The quantitative estimate of drug-likeness (QED) is 0.789. The van der Waals surface area contributed by atoms with Crippen LogP contribution in [-0.4, -0.2) is 8.42 Å². The fraction of sp³-hybridized carbons (Fsp3) is 0.250. The van der Waals surface area contributed by atoms with Crippen LogP contribution in [0.3, 0.4) is 0 Å². The monoisotopic (exact) mass is 219 g/mol. The molecule has 0 heterocycles. The Balaban J connectivity index is 2.76. The molecular weight excluding hydrogens is 210 g/mol. The molecule has 0 aliphatic carbocycles. The highest BCUT2D eigenvalue weighted by atomic mass is 35.7. The number of halogens is 1. The number of nitrogens with one attached hydrogen (secondary N) is 1.